The van der Waals surface area contributed by atoms with E-state index < -0.39 is 0 Å². The van der Waals surface area contributed by atoms with Crippen LogP contribution in [0.1, 0.15) is 32.6 Å². The highest BCUT2D eigenvalue weighted by Crippen LogP contribution is 2.29. The Morgan fingerprint density at radius 3 is 3.09 bits per heavy atom. The topological polar surface area (TPSA) is 15.4 Å². The second kappa shape index (κ2) is 2.92. The van der Waals surface area contributed by atoms with Crippen molar-refractivity contribution in [3.8, 4) is 0 Å². The highest BCUT2D eigenvalue weighted by molar-refractivity contribution is 4.77. The van der Waals surface area contributed by atoms with Crippen LogP contribution in [0.15, 0.2) is 5.11 Å². The van der Waals surface area contributed by atoms with Crippen LogP contribution in [-0.2, 0) is 0 Å². The van der Waals surface area contributed by atoms with E-state index in [1.165, 1.54) is 32.2 Å². The Labute approximate surface area is 68.3 Å². The van der Waals surface area contributed by atoms with Crippen molar-refractivity contribution in [1.29, 1.82) is 0 Å². The zero-order valence-corrected chi connectivity index (χ0v) is 7.29. The minimum absolute atomic E-state index is 0.683. The van der Waals surface area contributed by atoms with Crippen LogP contribution in [-0.4, -0.2) is 23.8 Å². The molecular formula is C9H17N2+. The largest absolute Gasteiger partial charge is 0.171 e. The summed E-state index contributed by atoms with van der Waals surface area (Å²) in [6.45, 7) is 4.53. The summed E-state index contributed by atoms with van der Waals surface area (Å²) in [6.07, 6.45) is 5.57. The van der Waals surface area contributed by atoms with E-state index in [9.17, 15) is 0 Å². The molecule has 0 spiro atoms. The number of rotatable bonds is 1. The lowest BCUT2D eigenvalue weighted by Gasteiger charge is -2.27. The number of nitrogens with zero attached hydrogens (tertiary/aromatic N) is 2. The van der Waals surface area contributed by atoms with E-state index in [-0.39, 0.29) is 0 Å². The van der Waals surface area contributed by atoms with Gasteiger partial charge < -0.3 is 0 Å². The van der Waals surface area contributed by atoms with Gasteiger partial charge in [0, 0.05) is 5.92 Å². The van der Waals surface area contributed by atoms with Gasteiger partial charge in [0.15, 0.2) is 13.1 Å². The Balaban J connectivity index is 2.09. The van der Waals surface area contributed by atoms with Crippen molar-refractivity contribution >= 4 is 0 Å². The van der Waals surface area contributed by atoms with Crippen molar-refractivity contribution in [1.82, 2.24) is 0 Å². The molecular weight excluding hydrogens is 136 g/mol. The van der Waals surface area contributed by atoms with E-state index in [0.29, 0.717) is 6.04 Å². The quantitative estimate of drug-likeness (QED) is 0.512. The van der Waals surface area contributed by atoms with Gasteiger partial charge in [-0.2, -0.15) is 0 Å². The molecule has 1 aliphatic heterocycles. The molecule has 2 heteroatoms. The molecule has 0 aromatic heterocycles. The molecule has 0 aromatic carbocycles. The van der Waals surface area contributed by atoms with Gasteiger partial charge in [0.05, 0.1) is 0 Å². The Morgan fingerprint density at radius 1 is 1.45 bits per heavy atom. The van der Waals surface area contributed by atoms with E-state index in [4.69, 9.17) is 0 Å². The van der Waals surface area contributed by atoms with Crippen LogP contribution >= 0.6 is 0 Å². The van der Waals surface area contributed by atoms with Crippen molar-refractivity contribution in [2.75, 3.05) is 13.1 Å². The van der Waals surface area contributed by atoms with E-state index >= 15 is 0 Å². The third kappa shape index (κ3) is 1.44. The monoisotopic (exact) mass is 153 g/mol. The summed E-state index contributed by atoms with van der Waals surface area (Å²) in [7, 11) is 0. The molecule has 2 unspecified atom stereocenters. The maximum absolute atomic E-state index is 4.65. The molecule has 11 heavy (non-hydrogen) atoms. The molecule has 0 radical (unpaired) electrons. The number of fused-ring (bicyclic) bond motifs is 2. The van der Waals surface area contributed by atoms with Gasteiger partial charge >= 0.3 is 0 Å². The summed E-state index contributed by atoms with van der Waals surface area (Å²) in [5.41, 5.74) is 0. The minimum atomic E-state index is 0.683. The van der Waals surface area contributed by atoms with E-state index in [2.05, 4.69) is 16.7 Å². The lowest BCUT2D eigenvalue weighted by Crippen LogP contribution is -2.33. The molecule has 0 aromatic rings. The van der Waals surface area contributed by atoms with Crippen LogP contribution in [0.4, 0.5) is 0 Å². The fraction of sp³-hybridized carbons (Fsp3) is 1.00. The zero-order valence-electron chi connectivity index (χ0n) is 7.29. The van der Waals surface area contributed by atoms with Gasteiger partial charge in [0.1, 0.15) is 6.04 Å². The Hall–Kier alpha value is -0.400. The van der Waals surface area contributed by atoms with Gasteiger partial charge in [-0.25, -0.2) is 0 Å². The molecule has 0 saturated heterocycles. The Morgan fingerprint density at radius 2 is 2.36 bits per heavy atom. The summed E-state index contributed by atoms with van der Waals surface area (Å²) < 4.78 is 2.26. The first-order valence-electron chi connectivity index (χ1n) is 4.84. The molecule has 1 fully saturated rings. The maximum Gasteiger partial charge on any atom is 0.171 e. The standard InChI is InChI=1S/C9H17N2/c1-2-11-7-8-4-3-5-9(6-8)10-11/h8-9H,2-7H2,1H3/q+1. The first-order chi connectivity index (χ1) is 5.38. The van der Waals surface area contributed by atoms with Crippen molar-refractivity contribution in [2.24, 2.45) is 11.0 Å². The van der Waals surface area contributed by atoms with Crippen molar-refractivity contribution in [3.05, 3.63) is 0 Å². The Bertz CT molecular complexity index is 174. The van der Waals surface area contributed by atoms with Gasteiger partial charge in [0.2, 0.25) is 0 Å². The predicted molar refractivity (Wildman–Crippen MR) is 43.8 cm³/mol. The zero-order chi connectivity index (χ0) is 7.68. The van der Waals surface area contributed by atoms with E-state index in [1.807, 2.05) is 0 Å². The minimum Gasteiger partial charge on any atom is -0.127 e. The van der Waals surface area contributed by atoms with Crippen molar-refractivity contribution in [2.45, 2.75) is 38.6 Å². The van der Waals surface area contributed by atoms with Gasteiger partial charge in [-0.3, -0.25) is 0 Å². The molecule has 2 aliphatic rings. The van der Waals surface area contributed by atoms with Gasteiger partial charge in [-0.1, -0.05) is 6.42 Å². The molecule has 1 heterocycles. The van der Waals surface area contributed by atoms with Crippen molar-refractivity contribution < 1.29 is 4.70 Å². The highest BCUT2D eigenvalue weighted by atomic mass is 15.3. The average molecular weight is 153 g/mol. The summed E-state index contributed by atoms with van der Waals surface area (Å²) in [4.78, 5) is 0. The normalized spacial score (nSPS) is 36.6. The summed E-state index contributed by atoms with van der Waals surface area (Å²) in [5.74, 6) is 0.964. The number of hydrogen-bond acceptors (Lipinski definition) is 1. The Kier molecular flexibility index (Phi) is 1.93. The van der Waals surface area contributed by atoms with Crippen LogP contribution in [0.5, 0.6) is 0 Å². The summed E-state index contributed by atoms with van der Waals surface area (Å²) in [6, 6.07) is 0.683. The predicted octanol–water partition coefficient (Wildman–Crippen LogP) is 2.04. The summed E-state index contributed by atoms with van der Waals surface area (Å²) in [5, 5.41) is 4.65. The molecule has 2 atom stereocenters. The molecule has 0 N–H and O–H groups in total. The highest BCUT2D eigenvalue weighted by Gasteiger charge is 2.31. The van der Waals surface area contributed by atoms with Crippen molar-refractivity contribution in [3.63, 3.8) is 0 Å². The van der Waals surface area contributed by atoms with Crippen LogP contribution in [0.2, 0.25) is 0 Å². The van der Waals surface area contributed by atoms with Crippen LogP contribution in [0.3, 0.4) is 0 Å². The van der Waals surface area contributed by atoms with Gasteiger partial charge in [-0.05, 0) is 31.3 Å². The fourth-order valence-corrected chi connectivity index (χ4v) is 2.32. The van der Waals surface area contributed by atoms with Gasteiger partial charge in [0.25, 0.3) is 0 Å². The SMILES string of the molecule is CC[N+]1=NC2CCCC(C2)C1. The van der Waals surface area contributed by atoms with Gasteiger partial charge in [-0.15, -0.1) is 4.70 Å². The molecule has 2 rings (SSSR count). The molecule has 2 bridgehead atoms. The number of hydrogen-bond donors (Lipinski definition) is 0. The number of azo groups is 2. The molecule has 1 aliphatic carbocycles. The van der Waals surface area contributed by atoms with E-state index in [0.717, 1.165) is 12.5 Å². The first kappa shape index (κ1) is 7.26. The lowest BCUT2D eigenvalue weighted by molar-refractivity contribution is -0.609. The molecule has 1 saturated carbocycles. The van der Waals surface area contributed by atoms with Crippen LogP contribution in [0.25, 0.3) is 0 Å². The molecule has 62 valence electrons. The first-order valence-corrected chi connectivity index (χ1v) is 4.84. The van der Waals surface area contributed by atoms with Crippen LogP contribution in [0, 0.1) is 5.92 Å². The molecule has 2 nitrogen and oxygen atoms in total. The second-order valence-corrected chi connectivity index (χ2v) is 3.81. The lowest BCUT2D eigenvalue weighted by atomic mass is 9.85. The molecule has 0 amide bonds. The second-order valence-electron chi connectivity index (χ2n) is 3.81. The summed E-state index contributed by atoms with van der Waals surface area (Å²) >= 11 is 0. The third-order valence-electron chi connectivity index (χ3n) is 2.92. The smallest absolute Gasteiger partial charge is 0.127 e. The third-order valence-corrected chi connectivity index (χ3v) is 2.92. The van der Waals surface area contributed by atoms with E-state index in [1.54, 1.807) is 0 Å². The average Bonchev–Trinajstić information content (AvgIpc) is 2.03. The fourth-order valence-electron chi connectivity index (χ4n) is 2.32. The maximum atomic E-state index is 4.65. The van der Waals surface area contributed by atoms with Crippen LogP contribution < -0.4 is 0 Å².